The summed E-state index contributed by atoms with van der Waals surface area (Å²) in [5, 5.41) is 12.4. The van der Waals surface area contributed by atoms with Gasteiger partial charge in [0, 0.05) is 25.7 Å². The molecule has 2 N–H and O–H groups in total. The van der Waals surface area contributed by atoms with Crippen molar-refractivity contribution < 1.29 is 23.8 Å². The number of aliphatic hydroxyl groups excluding tert-OH is 1. The fourth-order valence-corrected chi connectivity index (χ4v) is 4.31. The zero-order valence-electron chi connectivity index (χ0n) is 22.3. The van der Waals surface area contributed by atoms with Crippen LogP contribution in [0.4, 0.5) is 14.9 Å². The third-order valence-corrected chi connectivity index (χ3v) is 6.73. The predicted octanol–water partition coefficient (Wildman–Crippen LogP) is 4.78. The molecule has 1 aliphatic heterocycles. The molecule has 2 heterocycles. The van der Waals surface area contributed by atoms with Crippen LogP contribution in [0, 0.1) is 11.7 Å². The number of carbonyl (C=O) groups is 2. The molecule has 0 radical (unpaired) electrons. The van der Waals surface area contributed by atoms with Crippen molar-refractivity contribution in [3.8, 4) is 5.88 Å². The summed E-state index contributed by atoms with van der Waals surface area (Å²) in [6.07, 6.45) is 4.90. The number of fused-ring (bicyclic) bond motifs is 1. The molecule has 0 fully saturated rings. The van der Waals surface area contributed by atoms with Gasteiger partial charge in [-0.1, -0.05) is 61.5 Å². The van der Waals surface area contributed by atoms with E-state index in [2.05, 4.69) is 10.3 Å². The lowest BCUT2D eigenvalue weighted by atomic mass is 10.00. The van der Waals surface area contributed by atoms with Crippen molar-refractivity contribution >= 4 is 29.8 Å². The number of amides is 3. The number of nitrogens with zero attached hydrogens (tertiary/aromatic N) is 3. The van der Waals surface area contributed by atoms with Gasteiger partial charge >= 0.3 is 6.03 Å². The number of benzene rings is 2. The average molecular weight is 533 g/mol. The molecule has 8 nitrogen and oxygen atoms in total. The van der Waals surface area contributed by atoms with E-state index >= 15 is 0 Å². The molecular formula is C30H33FN4O4. The van der Waals surface area contributed by atoms with Gasteiger partial charge in [0.05, 0.1) is 24.9 Å². The molecule has 3 atom stereocenters. The molecule has 0 aliphatic carbocycles. The molecule has 0 saturated heterocycles. The maximum Gasteiger partial charge on any atom is 0.321 e. The number of hydrogen-bond acceptors (Lipinski definition) is 5. The number of anilines is 1. The molecule has 1 aliphatic rings. The molecule has 0 spiro atoms. The maximum atomic E-state index is 14.0. The summed E-state index contributed by atoms with van der Waals surface area (Å²) >= 11 is 0. The van der Waals surface area contributed by atoms with Crippen LogP contribution in [0.15, 0.2) is 66.9 Å². The molecule has 3 amide bonds. The smallest absolute Gasteiger partial charge is 0.321 e. The van der Waals surface area contributed by atoms with E-state index in [0.29, 0.717) is 6.54 Å². The van der Waals surface area contributed by atoms with Gasteiger partial charge in [0.2, 0.25) is 5.88 Å². The summed E-state index contributed by atoms with van der Waals surface area (Å²) in [5.41, 5.74) is 2.09. The minimum absolute atomic E-state index is 0.0811. The number of halogens is 1. The second kappa shape index (κ2) is 12.5. The minimum Gasteiger partial charge on any atom is -0.472 e. The number of para-hydroxylation sites is 1. The molecule has 9 heteroatoms. The number of aliphatic hydroxyl groups is 1. The Balaban J connectivity index is 1.59. The van der Waals surface area contributed by atoms with Crippen molar-refractivity contribution in [3.63, 3.8) is 0 Å². The zero-order chi connectivity index (χ0) is 27.9. The first kappa shape index (κ1) is 27.8. The van der Waals surface area contributed by atoms with Crippen LogP contribution in [-0.2, 0) is 0 Å². The second-order valence-corrected chi connectivity index (χ2v) is 9.78. The van der Waals surface area contributed by atoms with E-state index in [1.54, 1.807) is 43.3 Å². The quantitative estimate of drug-likeness (QED) is 0.457. The van der Waals surface area contributed by atoms with E-state index < -0.39 is 24.0 Å². The number of nitrogens with one attached hydrogen (secondary N) is 1. The SMILES string of the molecule is C[C@H]1CN([C@@H](C)CO)C(=O)c2cc(/C=C/c3ccccc3)cnc2O[C@H]1CN(C)C(=O)Nc1ccccc1F. The Bertz CT molecular complexity index is 1330. The van der Waals surface area contributed by atoms with Gasteiger partial charge in [0.1, 0.15) is 17.5 Å². The Morgan fingerprint density at radius 3 is 2.62 bits per heavy atom. The molecule has 0 bridgehead atoms. The molecule has 1 aromatic heterocycles. The van der Waals surface area contributed by atoms with Gasteiger partial charge in [-0.05, 0) is 36.2 Å². The summed E-state index contributed by atoms with van der Waals surface area (Å²) in [6, 6.07) is 16.5. The van der Waals surface area contributed by atoms with E-state index in [-0.39, 0.29) is 42.1 Å². The second-order valence-electron chi connectivity index (χ2n) is 9.78. The van der Waals surface area contributed by atoms with Crippen molar-refractivity contribution in [2.24, 2.45) is 5.92 Å². The van der Waals surface area contributed by atoms with Gasteiger partial charge in [-0.2, -0.15) is 0 Å². The number of hydrogen-bond donors (Lipinski definition) is 2. The number of ether oxygens (including phenoxy) is 1. The van der Waals surface area contributed by atoms with Gasteiger partial charge in [-0.25, -0.2) is 14.2 Å². The van der Waals surface area contributed by atoms with Crippen LogP contribution in [0.3, 0.4) is 0 Å². The largest absolute Gasteiger partial charge is 0.472 e. The first-order valence-corrected chi connectivity index (χ1v) is 12.8. The number of aromatic nitrogens is 1. The topological polar surface area (TPSA) is 95.0 Å². The van der Waals surface area contributed by atoms with Crippen LogP contribution >= 0.6 is 0 Å². The zero-order valence-corrected chi connectivity index (χ0v) is 22.3. The maximum absolute atomic E-state index is 14.0. The fraction of sp³-hybridized carbons (Fsp3) is 0.300. The van der Waals surface area contributed by atoms with E-state index in [9.17, 15) is 19.1 Å². The lowest BCUT2D eigenvalue weighted by molar-refractivity contribution is 0.0356. The molecule has 204 valence electrons. The Morgan fingerprint density at radius 2 is 1.90 bits per heavy atom. The molecular weight excluding hydrogens is 499 g/mol. The van der Waals surface area contributed by atoms with Crippen molar-refractivity contribution in [1.82, 2.24) is 14.8 Å². The molecule has 0 saturated carbocycles. The standard InChI is InChI=1S/C30H33FN4O4/c1-20-17-35(21(2)19-36)29(37)24-15-23(14-13-22-9-5-4-6-10-22)16-32-28(24)39-27(20)18-34(3)30(38)33-26-12-8-7-11-25(26)31/h4-16,20-21,27,36H,17-19H2,1-3H3,(H,33,38)/b14-13+/t20-,21-,27-/m0/s1. The third kappa shape index (κ3) is 6.80. The monoisotopic (exact) mass is 532 g/mol. The normalized spacial score (nSPS) is 18.1. The number of rotatable bonds is 7. The molecule has 39 heavy (non-hydrogen) atoms. The molecule has 4 rings (SSSR count). The van der Waals surface area contributed by atoms with E-state index in [1.165, 1.54) is 17.0 Å². The summed E-state index contributed by atoms with van der Waals surface area (Å²) in [4.78, 5) is 33.9. The molecule has 3 aromatic rings. The van der Waals surface area contributed by atoms with Crippen LogP contribution in [-0.4, -0.2) is 70.7 Å². The van der Waals surface area contributed by atoms with Gasteiger partial charge in [0.15, 0.2) is 0 Å². The molecule has 0 unspecified atom stereocenters. The van der Waals surface area contributed by atoms with Crippen LogP contribution in [0.5, 0.6) is 5.88 Å². The van der Waals surface area contributed by atoms with E-state index in [1.807, 2.05) is 49.4 Å². The highest BCUT2D eigenvalue weighted by Crippen LogP contribution is 2.28. The minimum atomic E-state index is -0.530. The molecule has 2 aromatic carbocycles. The highest BCUT2D eigenvalue weighted by atomic mass is 19.1. The van der Waals surface area contributed by atoms with Crippen molar-refractivity contribution in [3.05, 3.63) is 89.4 Å². The lowest BCUT2D eigenvalue weighted by Crippen LogP contribution is -2.50. The first-order chi connectivity index (χ1) is 18.8. The van der Waals surface area contributed by atoms with Gasteiger partial charge in [-0.3, -0.25) is 4.79 Å². The highest BCUT2D eigenvalue weighted by molar-refractivity contribution is 5.97. The first-order valence-electron chi connectivity index (χ1n) is 12.8. The number of pyridine rings is 1. The number of carbonyl (C=O) groups excluding carboxylic acids is 2. The summed E-state index contributed by atoms with van der Waals surface area (Å²) in [5.74, 6) is -0.868. The Morgan fingerprint density at radius 1 is 1.21 bits per heavy atom. The summed E-state index contributed by atoms with van der Waals surface area (Å²) < 4.78 is 20.3. The van der Waals surface area contributed by atoms with Crippen LogP contribution in [0.2, 0.25) is 0 Å². The fourth-order valence-electron chi connectivity index (χ4n) is 4.31. The highest BCUT2D eigenvalue weighted by Gasteiger charge is 2.34. The Hall–Kier alpha value is -4.24. The Labute approximate surface area is 227 Å². The van der Waals surface area contributed by atoms with Crippen molar-refractivity contribution in [2.45, 2.75) is 26.0 Å². The summed E-state index contributed by atoms with van der Waals surface area (Å²) in [6.45, 7) is 3.96. The number of urea groups is 1. The van der Waals surface area contributed by atoms with E-state index in [4.69, 9.17) is 4.74 Å². The Kier molecular flexibility index (Phi) is 8.93. The van der Waals surface area contributed by atoms with Crippen LogP contribution < -0.4 is 10.1 Å². The lowest BCUT2D eigenvalue weighted by Gasteiger charge is -2.37. The number of likely N-dealkylation sites (N-methyl/N-ethyl adjacent to an activating group) is 1. The third-order valence-electron chi connectivity index (χ3n) is 6.73. The average Bonchev–Trinajstić information content (AvgIpc) is 2.95. The van der Waals surface area contributed by atoms with Crippen LogP contribution in [0.25, 0.3) is 12.2 Å². The van der Waals surface area contributed by atoms with Gasteiger partial charge in [0.25, 0.3) is 5.91 Å². The van der Waals surface area contributed by atoms with E-state index in [0.717, 1.165) is 11.1 Å². The van der Waals surface area contributed by atoms with Gasteiger partial charge in [-0.15, -0.1) is 0 Å². The van der Waals surface area contributed by atoms with Crippen molar-refractivity contribution in [2.75, 3.05) is 32.1 Å². The van der Waals surface area contributed by atoms with Gasteiger partial charge < -0.3 is 25.0 Å². The van der Waals surface area contributed by atoms with Crippen molar-refractivity contribution in [1.29, 1.82) is 0 Å². The van der Waals surface area contributed by atoms with Crippen LogP contribution in [0.1, 0.15) is 35.3 Å². The summed E-state index contributed by atoms with van der Waals surface area (Å²) in [7, 11) is 1.59. The predicted molar refractivity (Wildman–Crippen MR) is 149 cm³/mol.